The average molecular weight is 270 g/mol. The molecule has 1 aromatic rings. The van der Waals surface area contributed by atoms with E-state index in [0.717, 1.165) is 0 Å². The summed E-state index contributed by atoms with van der Waals surface area (Å²) in [7, 11) is -3.19. The molecule has 0 aliphatic rings. The first-order valence-corrected chi connectivity index (χ1v) is 7.25. The zero-order chi connectivity index (χ0) is 14.0. The van der Waals surface area contributed by atoms with Gasteiger partial charge in [-0.25, -0.2) is 8.42 Å². The normalized spacial score (nSPS) is 12.2. The predicted octanol–water partition coefficient (Wildman–Crippen LogP) is 1.16. The van der Waals surface area contributed by atoms with Crippen LogP contribution in [-0.4, -0.2) is 25.6 Å². The van der Waals surface area contributed by atoms with Gasteiger partial charge in [-0.3, -0.25) is 4.79 Å². The van der Waals surface area contributed by atoms with Crippen molar-refractivity contribution >= 4 is 21.4 Å². The van der Waals surface area contributed by atoms with Gasteiger partial charge in [0.2, 0.25) is 5.91 Å². The van der Waals surface area contributed by atoms with Gasteiger partial charge in [0.05, 0.1) is 10.6 Å². The number of nitrogens with one attached hydrogen (secondary N) is 1. The lowest BCUT2D eigenvalue weighted by Crippen LogP contribution is -2.44. The maximum absolute atomic E-state index is 11.6. The Labute approximate surface area is 107 Å². The minimum absolute atomic E-state index is 0.0621. The van der Waals surface area contributed by atoms with Gasteiger partial charge in [0.25, 0.3) is 0 Å². The summed E-state index contributed by atoms with van der Waals surface area (Å²) in [5, 5.41) is 2.95. The molecule has 1 aromatic carbocycles. The smallest absolute Gasteiger partial charge is 0.242 e. The predicted molar refractivity (Wildman–Crippen MR) is 71.1 cm³/mol. The topological polar surface area (TPSA) is 89.3 Å². The van der Waals surface area contributed by atoms with Crippen LogP contribution in [0.2, 0.25) is 0 Å². The fourth-order valence-electron chi connectivity index (χ4n) is 1.33. The number of nitrogens with two attached hydrogens (primary N) is 1. The summed E-state index contributed by atoms with van der Waals surface area (Å²) in [5.41, 5.74) is 5.00. The largest absolute Gasteiger partial charge is 0.372 e. The summed E-state index contributed by atoms with van der Waals surface area (Å²) in [6.45, 7) is 4.91. The lowest BCUT2D eigenvalue weighted by Gasteiger charge is -2.23. The number of hydrogen-bond donors (Lipinski definition) is 2. The van der Waals surface area contributed by atoms with Gasteiger partial charge < -0.3 is 11.1 Å². The number of benzene rings is 1. The molecule has 5 nitrogen and oxygen atoms in total. The molecule has 0 saturated heterocycles. The van der Waals surface area contributed by atoms with Crippen molar-refractivity contribution in [1.82, 2.24) is 0 Å². The third-order valence-corrected chi connectivity index (χ3v) is 4.42. The van der Waals surface area contributed by atoms with Crippen LogP contribution in [0.5, 0.6) is 0 Å². The first kappa shape index (κ1) is 14.5. The van der Waals surface area contributed by atoms with Crippen LogP contribution in [0.15, 0.2) is 29.2 Å². The van der Waals surface area contributed by atoms with Gasteiger partial charge in [-0.15, -0.1) is 0 Å². The molecule has 100 valence electrons. The van der Waals surface area contributed by atoms with Crippen molar-refractivity contribution < 1.29 is 13.2 Å². The van der Waals surface area contributed by atoms with Crippen molar-refractivity contribution in [2.24, 2.45) is 5.73 Å². The number of primary amides is 1. The van der Waals surface area contributed by atoms with E-state index in [4.69, 9.17) is 5.73 Å². The number of hydrogen-bond acceptors (Lipinski definition) is 4. The summed E-state index contributed by atoms with van der Waals surface area (Å²) in [4.78, 5) is 11.4. The van der Waals surface area contributed by atoms with E-state index in [0.29, 0.717) is 5.69 Å². The second-order valence-corrected chi connectivity index (χ2v) is 6.82. The van der Waals surface area contributed by atoms with E-state index in [1.807, 2.05) is 0 Å². The van der Waals surface area contributed by atoms with Gasteiger partial charge in [0.15, 0.2) is 9.84 Å². The van der Waals surface area contributed by atoms with E-state index in [-0.39, 0.29) is 10.6 Å². The second-order valence-electron chi connectivity index (χ2n) is 4.54. The maximum atomic E-state index is 11.6. The van der Waals surface area contributed by atoms with Gasteiger partial charge in [-0.2, -0.15) is 0 Å². The van der Waals surface area contributed by atoms with Crippen LogP contribution in [0.25, 0.3) is 0 Å². The summed E-state index contributed by atoms with van der Waals surface area (Å²) in [6, 6.07) is 6.26. The number of carbonyl (C=O) groups is 1. The van der Waals surface area contributed by atoms with Crippen molar-refractivity contribution in [2.75, 3.05) is 11.1 Å². The fraction of sp³-hybridized carbons (Fsp3) is 0.417. The Morgan fingerprint density at radius 3 is 2.17 bits per heavy atom. The van der Waals surface area contributed by atoms with Crippen LogP contribution in [0.3, 0.4) is 0 Å². The number of carbonyl (C=O) groups excluding carboxylic acids is 1. The fourth-order valence-corrected chi connectivity index (χ4v) is 2.22. The minimum atomic E-state index is -3.19. The molecule has 1 amide bonds. The van der Waals surface area contributed by atoms with Gasteiger partial charge >= 0.3 is 0 Å². The van der Waals surface area contributed by atoms with Gasteiger partial charge in [-0.1, -0.05) is 6.92 Å². The average Bonchev–Trinajstić information content (AvgIpc) is 2.29. The molecule has 0 fully saturated rings. The molecule has 6 heteroatoms. The van der Waals surface area contributed by atoms with Crippen molar-refractivity contribution in [2.45, 2.75) is 31.2 Å². The quantitative estimate of drug-likeness (QED) is 0.840. The highest BCUT2D eigenvalue weighted by Gasteiger charge is 2.24. The van der Waals surface area contributed by atoms with Crippen molar-refractivity contribution in [3.05, 3.63) is 24.3 Å². The summed E-state index contributed by atoms with van der Waals surface area (Å²) in [5.74, 6) is -0.417. The molecule has 0 spiro atoms. The highest BCUT2D eigenvalue weighted by Crippen LogP contribution is 2.18. The zero-order valence-electron chi connectivity index (χ0n) is 10.7. The number of amides is 1. The van der Waals surface area contributed by atoms with E-state index < -0.39 is 21.3 Å². The molecular weight excluding hydrogens is 252 g/mol. The third kappa shape index (κ3) is 3.22. The SMILES string of the molecule is CCS(=O)(=O)c1ccc(NC(C)(C)C(N)=O)cc1. The Balaban J connectivity index is 2.95. The van der Waals surface area contributed by atoms with Crippen molar-refractivity contribution in [3.63, 3.8) is 0 Å². The molecule has 0 bridgehead atoms. The molecule has 18 heavy (non-hydrogen) atoms. The van der Waals surface area contributed by atoms with Crippen LogP contribution in [0.4, 0.5) is 5.69 Å². The lowest BCUT2D eigenvalue weighted by molar-refractivity contribution is -0.121. The van der Waals surface area contributed by atoms with E-state index in [1.54, 1.807) is 32.9 Å². The number of rotatable bonds is 5. The van der Waals surface area contributed by atoms with Crippen molar-refractivity contribution in [1.29, 1.82) is 0 Å². The molecule has 0 saturated carbocycles. The third-order valence-electron chi connectivity index (χ3n) is 2.67. The molecule has 0 aromatic heterocycles. The Kier molecular flexibility index (Phi) is 4.01. The summed E-state index contributed by atoms with van der Waals surface area (Å²) >= 11 is 0. The van der Waals surface area contributed by atoms with E-state index in [1.165, 1.54) is 12.1 Å². The zero-order valence-corrected chi connectivity index (χ0v) is 11.5. The molecule has 0 unspecified atom stereocenters. The Morgan fingerprint density at radius 1 is 1.28 bits per heavy atom. The Bertz CT molecular complexity index is 533. The Hall–Kier alpha value is -1.56. The standard InChI is InChI=1S/C12H18N2O3S/c1-4-18(16,17)10-7-5-9(6-8-10)14-12(2,3)11(13)15/h5-8,14H,4H2,1-3H3,(H2,13,15). The minimum Gasteiger partial charge on any atom is -0.372 e. The highest BCUT2D eigenvalue weighted by molar-refractivity contribution is 7.91. The van der Waals surface area contributed by atoms with Gasteiger partial charge in [-0.05, 0) is 38.1 Å². The van der Waals surface area contributed by atoms with E-state index in [2.05, 4.69) is 5.32 Å². The molecule has 0 heterocycles. The highest BCUT2D eigenvalue weighted by atomic mass is 32.2. The van der Waals surface area contributed by atoms with Crippen LogP contribution in [0, 0.1) is 0 Å². The Morgan fingerprint density at radius 2 is 1.78 bits per heavy atom. The molecular formula is C12H18N2O3S. The molecule has 1 rings (SSSR count). The van der Waals surface area contributed by atoms with E-state index >= 15 is 0 Å². The first-order valence-electron chi connectivity index (χ1n) is 5.60. The van der Waals surface area contributed by atoms with Crippen LogP contribution in [-0.2, 0) is 14.6 Å². The van der Waals surface area contributed by atoms with Gasteiger partial charge in [0.1, 0.15) is 5.54 Å². The maximum Gasteiger partial charge on any atom is 0.242 e. The monoisotopic (exact) mass is 270 g/mol. The summed E-state index contributed by atoms with van der Waals surface area (Å²) in [6.07, 6.45) is 0. The van der Waals surface area contributed by atoms with Crippen LogP contribution < -0.4 is 11.1 Å². The second kappa shape index (κ2) is 4.97. The summed E-state index contributed by atoms with van der Waals surface area (Å²) < 4.78 is 23.2. The van der Waals surface area contributed by atoms with Gasteiger partial charge in [0, 0.05) is 5.69 Å². The molecule has 0 atom stereocenters. The number of sulfone groups is 1. The molecule has 3 N–H and O–H groups in total. The lowest BCUT2D eigenvalue weighted by atomic mass is 10.0. The first-order chi connectivity index (χ1) is 8.19. The molecule has 0 aliphatic carbocycles. The van der Waals surface area contributed by atoms with Crippen LogP contribution in [0.1, 0.15) is 20.8 Å². The molecule has 0 radical (unpaired) electrons. The number of anilines is 1. The van der Waals surface area contributed by atoms with E-state index in [9.17, 15) is 13.2 Å². The molecule has 0 aliphatic heterocycles. The van der Waals surface area contributed by atoms with Crippen molar-refractivity contribution in [3.8, 4) is 0 Å². The van der Waals surface area contributed by atoms with Crippen LogP contribution >= 0.6 is 0 Å².